The fraction of sp³-hybridized carbons (Fsp3) is 0.111. The number of carbonyl (C=O) groups is 1. The zero-order chi connectivity index (χ0) is 8.55. The molecule has 0 fully saturated rings. The highest BCUT2D eigenvalue weighted by molar-refractivity contribution is 5.84. The third kappa shape index (κ3) is 1.03. The highest BCUT2D eigenvalue weighted by Crippen LogP contribution is 2.26. The van der Waals surface area contributed by atoms with Crippen LogP contribution in [-0.2, 0) is 4.79 Å². The minimum absolute atomic E-state index is 0.692. The first-order chi connectivity index (χ1) is 5.77. The van der Waals surface area contributed by atoms with Gasteiger partial charge in [-0.2, -0.15) is 0 Å². The highest BCUT2D eigenvalue weighted by atomic mass is 16.4. The molecule has 3 nitrogen and oxygen atoms in total. The first-order valence-corrected chi connectivity index (χ1v) is 3.62. The van der Waals surface area contributed by atoms with Gasteiger partial charge in [0.15, 0.2) is 0 Å². The largest absolute Gasteiger partial charge is 0.480 e. The molecule has 0 amide bonds. The Bertz CT molecular complexity index is 297. The fourth-order valence-electron chi connectivity index (χ4n) is 1.21. The molecule has 0 aromatic heterocycles. The van der Waals surface area contributed by atoms with E-state index in [1.807, 2.05) is 24.3 Å². The molecule has 1 unspecified atom stereocenters. The summed E-state index contributed by atoms with van der Waals surface area (Å²) >= 11 is 0. The van der Waals surface area contributed by atoms with Crippen molar-refractivity contribution in [3.05, 3.63) is 36.2 Å². The van der Waals surface area contributed by atoms with Gasteiger partial charge in [0.1, 0.15) is 6.04 Å². The van der Waals surface area contributed by atoms with Gasteiger partial charge in [0, 0.05) is 5.69 Å². The molecule has 60 valence electrons. The molecule has 0 saturated carbocycles. The standard InChI is InChI=1S/C9H7NO2/c11-9(12)8-5-6-3-1-2-4-7(6)10-8/h1-4,8,10H,(H,11,12). The normalized spacial score (nSPS) is 19.8. The van der Waals surface area contributed by atoms with E-state index in [9.17, 15) is 4.79 Å². The first-order valence-electron chi connectivity index (χ1n) is 3.62. The van der Waals surface area contributed by atoms with Crippen molar-refractivity contribution in [3.63, 3.8) is 0 Å². The Balaban J connectivity index is 2.27. The lowest BCUT2D eigenvalue weighted by Crippen LogP contribution is -2.24. The van der Waals surface area contributed by atoms with Gasteiger partial charge >= 0.3 is 5.97 Å². The van der Waals surface area contributed by atoms with Gasteiger partial charge in [-0.15, -0.1) is 0 Å². The van der Waals surface area contributed by atoms with Crippen molar-refractivity contribution in [2.45, 2.75) is 6.04 Å². The Labute approximate surface area is 70.0 Å². The second kappa shape index (κ2) is 2.52. The average Bonchev–Trinajstić information content (AvgIpc) is 2.46. The van der Waals surface area contributed by atoms with E-state index in [2.05, 4.69) is 11.7 Å². The van der Waals surface area contributed by atoms with E-state index in [4.69, 9.17) is 5.11 Å². The number of para-hydroxylation sites is 1. The zero-order valence-corrected chi connectivity index (χ0v) is 6.24. The van der Waals surface area contributed by atoms with E-state index in [1.165, 1.54) is 0 Å². The Morgan fingerprint density at radius 1 is 1.50 bits per heavy atom. The quantitative estimate of drug-likeness (QED) is 0.645. The number of carboxylic acid groups (broad SMARTS) is 1. The van der Waals surface area contributed by atoms with Crippen LogP contribution in [0, 0.1) is 6.42 Å². The Hall–Kier alpha value is -1.51. The third-order valence-electron chi connectivity index (χ3n) is 1.77. The summed E-state index contributed by atoms with van der Waals surface area (Å²) in [6.07, 6.45) is 2.82. The molecule has 0 saturated heterocycles. The molecule has 2 rings (SSSR count). The molecular weight excluding hydrogens is 154 g/mol. The molecule has 12 heavy (non-hydrogen) atoms. The average molecular weight is 161 g/mol. The molecule has 0 bridgehead atoms. The number of benzene rings is 1. The van der Waals surface area contributed by atoms with E-state index in [-0.39, 0.29) is 0 Å². The number of carboxylic acids is 1. The van der Waals surface area contributed by atoms with Crippen LogP contribution in [0.15, 0.2) is 24.3 Å². The van der Waals surface area contributed by atoms with Gasteiger partial charge in [-0.3, -0.25) is 0 Å². The van der Waals surface area contributed by atoms with Gasteiger partial charge in [0.25, 0.3) is 0 Å². The summed E-state index contributed by atoms with van der Waals surface area (Å²) in [6.45, 7) is 0. The van der Waals surface area contributed by atoms with Crippen LogP contribution in [0.25, 0.3) is 0 Å². The van der Waals surface area contributed by atoms with Crippen LogP contribution in [-0.4, -0.2) is 17.1 Å². The highest BCUT2D eigenvalue weighted by Gasteiger charge is 2.26. The first kappa shape index (κ1) is 7.16. The molecule has 1 aromatic rings. The molecule has 1 heterocycles. The molecule has 2 N–H and O–H groups in total. The van der Waals surface area contributed by atoms with E-state index < -0.39 is 12.0 Å². The molecule has 0 spiro atoms. The van der Waals surface area contributed by atoms with Crippen LogP contribution in [0.1, 0.15) is 5.56 Å². The molecule has 2 radical (unpaired) electrons. The predicted octanol–water partition coefficient (Wildman–Crippen LogP) is 0.995. The summed E-state index contributed by atoms with van der Waals surface area (Å²) in [4.78, 5) is 10.5. The predicted molar refractivity (Wildman–Crippen MR) is 43.8 cm³/mol. The maximum atomic E-state index is 10.5. The monoisotopic (exact) mass is 161 g/mol. The van der Waals surface area contributed by atoms with Crippen molar-refractivity contribution in [2.24, 2.45) is 0 Å². The number of hydrogen-bond donors (Lipinski definition) is 2. The Morgan fingerprint density at radius 2 is 2.25 bits per heavy atom. The van der Waals surface area contributed by atoms with Crippen LogP contribution in [0.3, 0.4) is 0 Å². The van der Waals surface area contributed by atoms with Crippen molar-refractivity contribution in [2.75, 3.05) is 5.32 Å². The molecular formula is C9H7NO2. The van der Waals surface area contributed by atoms with Gasteiger partial charge in [0.05, 0.1) is 6.42 Å². The fourth-order valence-corrected chi connectivity index (χ4v) is 1.21. The summed E-state index contributed by atoms with van der Waals surface area (Å²) < 4.78 is 0. The van der Waals surface area contributed by atoms with Crippen LogP contribution in [0.2, 0.25) is 0 Å². The molecule has 3 heteroatoms. The number of fused-ring (bicyclic) bond motifs is 1. The lowest BCUT2D eigenvalue weighted by atomic mass is 10.1. The van der Waals surface area contributed by atoms with Crippen LogP contribution in [0.5, 0.6) is 0 Å². The zero-order valence-electron chi connectivity index (χ0n) is 6.24. The van der Waals surface area contributed by atoms with E-state index in [1.54, 1.807) is 0 Å². The van der Waals surface area contributed by atoms with Crippen molar-refractivity contribution in [3.8, 4) is 0 Å². The molecule has 1 aliphatic rings. The smallest absolute Gasteiger partial charge is 0.327 e. The maximum absolute atomic E-state index is 10.5. The van der Waals surface area contributed by atoms with E-state index >= 15 is 0 Å². The SMILES string of the molecule is O=C(O)C1[C]c2ccccc2N1. The summed E-state index contributed by atoms with van der Waals surface area (Å²) in [6, 6.07) is 6.70. The van der Waals surface area contributed by atoms with Crippen LogP contribution < -0.4 is 5.32 Å². The van der Waals surface area contributed by atoms with Crippen LogP contribution >= 0.6 is 0 Å². The summed E-state index contributed by atoms with van der Waals surface area (Å²) in [5, 5.41) is 11.5. The Kier molecular flexibility index (Phi) is 1.50. The Morgan fingerprint density at radius 3 is 2.92 bits per heavy atom. The van der Waals surface area contributed by atoms with Gasteiger partial charge in [-0.05, 0) is 11.6 Å². The summed E-state index contributed by atoms with van der Waals surface area (Å²) in [5.74, 6) is -0.897. The van der Waals surface area contributed by atoms with E-state index in [0.29, 0.717) is 0 Å². The number of nitrogens with one attached hydrogen (secondary N) is 1. The minimum Gasteiger partial charge on any atom is -0.480 e. The molecule has 1 atom stereocenters. The molecule has 1 aromatic carbocycles. The molecule has 1 aliphatic heterocycles. The van der Waals surface area contributed by atoms with Gasteiger partial charge < -0.3 is 10.4 Å². The topological polar surface area (TPSA) is 49.3 Å². The number of anilines is 1. The number of aliphatic carboxylic acids is 1. The number of rotatable bonds is 1. The summed E-state index contributed by atoms with van der Waals surface area (Å²) in [7, 11) is 0. The number of hydrogen-bond acceptors (Lipinski definition) is 2. The summed E-state index contributed by atoms with van der Waals surface area (Å²) in [5.41, 5.74) is 1.68. The van der Waals surface area contributed by atoms with Crippen LogP contribution in [0.4, 0.5) is 5.69 Å². The van der Waals surface area contributed by atoms with Crippen molar-refractivity contribution in [1.29, 1.82) is 0 Å². The third-order valence-corrected chi connectivity index (χ3v) is 1.77. The maximum Gasteiger partial charge on any atom is 0.327 e. The molecule has 0 aliphatic carbocycles. The van der Waals surface area contributed by atoms with Gasteiger partial charge in [0.2, 0.25) is 0 Å². The minimum atomic E-state index is -0.897. The second-order valence-electron chi connectivity index (χ2n) is 2.61. The lowest BCUT2D eigenvalue weighted by molar-refractivity contribution is -0.136. The van der Waals surface area contributed by atoms with Gasteiger partial charge in [-0.1, -0.05) is 18.2 Å². The van der Waals surface area contributed by atoms with Gasteiger partial charge in [-0.25, -0.2) is 4.79 Å². The second-order valence-corrected chi connectivity index (χ2v) is 2.61. The van der Waals surface area contributed by atoms with Crippen molar-refractivity contribution in [1.82, 2.24) is 0 Å². The van der Waals surface area contributed by atoms with Crippen molar-refractivity contribution >= 4 is 11.7 Å². The lowest BCUT2D eigenvalue weighted by Gasteiger charge is -2.02. The van der Waals surface area contributed by atoms with Crippen molar-refractivity contribution < 1.29 is 9.90 Å². The van der Waals surface area contributed by atoms with E-state index in [0.717, 1.165) is 11.3 Å².